The first kappa shape index (κ1) is 19.9. The lowest BCUT2D eigenvalue weighted by Gasteiger charge is -2.27. The highest BCUT2D eigenvalue weighted by Gasteiger charge is 2.24. The second-order valence-electron chi connectivity index (χ2n) is 8.28. The maximum atomic E-state index is 5.51. The van der Waals surface area contributed by atoms with Crippen LogP contribution >= 0.6 is 11.3 Å². The molecule has 30 heavy (non-hydrogen) atoms. The molecule has 0 aromatic carbocycles. The number of hydrogen-bond acceptors (Lipinski definition) is 7. The van der Waals surface area contributed by atoms with Gasteiger partial charge in [0, 0.05) is 49.9 Å². The van der Waals surface area contributed by atoms with E-state index in [4.69, 9.17) is 14.7 Å². The van der Waals surface area contributed by atoms with Crippen LogP contribution in [0.4, 0.5) is 5.82 Å². The molecule has 0 saturated carbocycles. The fourth-order valence-electron chi connectivity index (χ4n) is 4.55. The van der Waals surface area contributed by atoms with E-state index in [1.54, 1.807) is 0 Å². The highest BCUT2D eigenvalue weighted by molar-refractivity contribution is 7.19. The first-order valence-corrected chi connectivity index (χ1v) is 11.9. The third-order valence-corrected chi connectivity index (χ3v) is 7.31. The van der Waals surface area contributed by atoms with E-state index in [2.05, 4.69) is 28.0 Å². The fourth-order valence-corrected chi connectivity index (χ4v) is 5.83. The Morgan fingerprint density at radius 2 is 2.00 bits per heavy atom. The van der Waals surface area contributed by atoms with Gasteiger partial charge in [-0.05, 0) is 38.2 Å². The lowest BCUT2D eigenvalue weighted by atomic mass is 9.97. The minimum Gasteiger partial charge on any atom is -0.379 e. The molecular weight excluding hydrogens is 396 g/mol. The van der Waals surface area contributed by atoms with E-state index in [9.17, 15) is 0 Å². The smallest absolute Gasteiger partial charge is 0.146 e. The Labute approximate surface area is 181 Å². The normalized spacial score (nSPS) is 17.4. The van der Waals surface area contributed by atoms with Crippen LogP contribution in [0.1, 0.15) is 41.6 Å². The molecule has 7 nitrogen and oxygen atoms in total. The third kappa shape index (κ3) is 3.96. The van der Waals surface area contributed by atoms with Gasteiger partial charge >= 0.3 is 0 Å². The van der Waals surface area contributed by atoms with Gasteiger partial charge in [-0.1, -0.05) is 0 Å². The molecule has 0 atom stereocenters. The predicted molar refractivity (Wildman–Crippen MR) is 120 cm³/mol. The summed E-state index contributed by atoms with van der Waals surface area (Å²) < 4.78 is 7.38. The monoisotopic (exact) mass is 426 g/mol. The average Bonchev–Trinajstić information content (AvgIpc) is 3.35. The number of thiophene rings is 1. The number of ether oxygens (including phenoxy) is 1. The molecule has 5 rings (SSSR count). The SMILES string of the molecule is CCN(Cc1cnn(C)c1)c1nc(CN2CCOCC2)nc2sc3c(c12)CCCC3. The molecule has 0 amide bonds. The standard InChI is InChI=1S/C22H30N6OS/c1-3-28(14-16-12-23-26(2)13-16)21-20-17-6-4-5-7-18(17)30-22(20)25-19(24-21)15-27-8-10-29-11-9-27/h12-13H,3-11,14-15H2,1-2H3. The number of rotatable bonds is 6. The maximum absolute atomic E-state index is 5.51. The lowest BCUT2D eigenvalue weighted by Crippen LogP contribution is -2.36. The summed E-state index contributed by atoms with van der Waals surface area (Å²) in [5, 5.41) is 5.65. The zero-order valence-corrected chi connectivity index (χ0v) is 18.7. The number of morpholine rings is 1. The van der Waals surface area contributed by atoms with E-state index in [0.717, 1.165) is 64.0 Å². The molecule has 160 valence electrons. The van der Waals surface area contributed by atoms with Crippen LogP contribution in [0, 0.1) is 0 Å². The summed E-state index contributed by atoms with van der Waals surface area (Å²) >= 11 is 1.89. The molecule has 8 heteroatoms. The van der Waals surface area contributed by atoms with Crippen molar-refractivity contribution in [2.45, 2.75) is 45.7 Å². The summed E-state index contributed by atoms with van der Waals surface area (Å²) in [5.41, 5.74) is 2.71. The minimum absolute atomic E-state index is 0.791. The topological polar surface area (TPSA) is 59.3 Å². The van der Waals surface area contributed by atoms with Crippen molar-refractivity contribution in [2.75, 3.05) is 37.7 Å². The van der Waals surface area contributed by atoms with Crippen molar-refractivity contribution < 1.29 is 4.74 Å². The van der Waals surface area contributed by atoms with Crippen molar-refractivity contribution in [3.05, 3.63) is 34.2 Å². The number of aromatic nitrogens is 4. The molecular formula is C22H30N6OS. The van der Waals surface area contributed by atoms with E-state index < -0.39 is 0 Å². The summed E-state index contributed by atoms with van der Waals surface area (Å²) in [7, 11) is 1.97. The Hall–Kier alpha value is -2.03. The molecule has 3 aromatic heterocycles. The van der Waals surface area contributed by atoms with Crippen LogP contribution in [0.5, 0.6) is 0 Å². The summed E-state index contributed by atoms with van der Waals surface area (Å²) in [6, 6.07) is 0. The van der Waals surface area contributed by atoms with Crippen LogP contribution < -0.4 is 4.90 Å². The molecule has 3 aromatic rings. The zero-order valence-electron chi connectivity index (χ0n) is 17.9. The van der Waals surface area contributed by atoms with E-state index in [0.29, 0.717) is 0 Å². The Kier molecular flexibility index (Phi) is 5.71. The maximum Gasteiger partial charge on any atom is 0.146 e. The number of aryl methyl sites for hydroxylation is 3. The zero-order chi connectivity index (χ0) is 20.5. The van der Waals surface area contributed by atoms with E-state index in [-0.39, 0.29) is 0 Å². The molecule has 0 bridgehead atoms. The Bertz CT molecular complexity index is 1020. The van der Waals surface area contributed by atoms with Gasteiger partial charge in [0.1, 0.15) is 16.5 Å². The van der Waals surface area contributed by atoms with Crippen LogP contribution in [0.25, 0.3) is 10.2 Å². The fraction of sp³-hybridized carbons (Fsp3) is 0.591. The van der Waals surface area contributed by atoms with Crippen LogP contribution in [-0.4, -0.2) is 57.5 Å². The lowest BCUT2D eigenvalue weighted by molar-refractivity contribution is 0.0331. The van der Waals surface area contributed by atoms with Gasteiger partial charge in [0.25, 0.3) is 0 Å². The minimum atomic E-state index is 0.791. The molecule has 1 aliphatic heterocycles. The van der Waals surface area contributed by atoms with Gasteiger partial charge in [-0.3, -0.25) is 9.58 Å². The van der Waals surface area contributed by atoms with Gasteiger partial charge in [0.15, 0.2) is 0 Å². The van der Waals surface area contributed by atoms with Crippen molar-refractivity contribution in [2.24, 2.45) is 7.05 Å². The van der Waals surface area contributed by atoms with Gasteiger partial charge in [-0.25, -0.2) is 9.97 Å². The Balaban J connectivity index is 1.56. The van der Waals surface area contributed by atoms with Gasteiger partial charge in [-0.15, -0.1) is 11.3 Å². The Morgan fingerprint density at radius 1 is 1.17 bits per heavy atom. The van der Waals surface area contributed by atoms with Crippen LogP contribution in [-0.2, 0) is 37.7 Å². The van der Waals surface area contributed by atoms with Gasteiger partial charge in [-0.2, -0.15) is 5.10 Å². The number of hydrogen-bond donors (Lipinski definition) is 0. The second kappa shape index (κ2) is 8.61. The quantitative estimate of drug-likeness (QED) is 0.603. The molecule has 0 spiro atoms. The van der Waals surface area contributed by atoms with Gasteiger partial charge < -0.3 is 9.64 Å². The molecule has 1 saturated heterocycles. The van der Waals surface area contributed by atoms with Gasteiger partial charge in [0.2, 0.25) is 0 Å². The van der Waals surface area contributed by atoms with Crippen LogP contribution in [0.3, 0.4) is 0 Å². The molecule has 0 radical (unpaired) electrons. The molecule has 1 aliphatic carbocycles. The highest BCUT2D eigenvalue weighted by Crippen LogP contribution is 2.40. The number of nitrogens with zero attached hydrogens (tertiary/aromatic N) is 6. The first-order valence-electron chi connectivity index (χ1n) is 11.0. The summed E-state index contributed by atoms with van der Waals surface area (Å²) in [6.45, 7) is 8.22. The van der Waals surface area contributed by atoms with E-state index in [1.165, 1.54) is 45.5 Å². The second-order valence-corrected chi connectivity index (χ2v) is 9.36. The predicted octanol–water partition coefficient (Wildman–Crippen LogP) is 3.16. The number of anilines is 1. The van der Waals surface area contributed by atoms with Crippen molar-refractivity contribution in [1.82, 2.24) is 24.6 Å². The molecule has 1 fully saturated rings. The van der Waals surface area contributed by atoms with E-state index >= 15 is 0 Å². The van der Waals surface area contributed by atoms with Crippen LogP contribution in [0.15, 0.2) is 12.4 Å². The van der Waals surface area contributed by atoms with Crippen molar-refractivity contribution in [3.8, 4) is 0 Å². The van der Waals surface area contributed by atoms with Crippen molar-refractivity contribution in [3.63, 3.8) is 0 Å². The number of fused-ring (bicyclic) bond motifs is 3. The molecule has 0 N–H and O–H groups in total. The first-order chi connectivity index (χ1) is 14.7. The average molecular weight is 427 g/mol. The largest absolute Gasteiger partial charge is 0.379 e. The molecule has 4 heterocycles. The van der Waals surface area contributed by atoms with Crippen molar-refractivity contribution in [1.29, 1.82) is 0 Å². The summed E-state index contributed by atoms with van der Waals surface area (Å²) in [4.78, 5) is 17.7. The third-order valence-electron chi connectivity index (χ3n) is 6.12. The van der Waals surface area contributed by atoms with E-state index in [1.807, 2.05) is 29.3 Å². The summed E-state index contributed by atoms with van der Waals surface area (Å²) in [5.74, 6) is 2.04. The van der Waals surface area contributed by atoms with Crippen molar-refractivity contribution >= 4 is 27.4 Å². The van der Waals surface area contributed by atoms with Gasteiger partial charge in [0.05, 0.1) is 31.3 Å². The highest BCUT2D eigenvalue weighted by atomic mass is 32.1. The molecule has 0 unspecified atom stereocenters. The Morgan fingerprint density at radius 3 is 2.77 bits per heavy atom. The summed E-state index contributed by atoms with van der Waals surface area (Å²) in [6.07, 6.45) is 8.94. The molecule has 2 aliphatic rings. The van der Waals surface area contributed by atoms with Crippen LogP contribution in [0.2, 0.25) is 0 Å².